The minimum Gasteiger partial charge on any atom is -0.463 e. The maximum atomic E-state index is 11.8. The molecule has 142 valence electrons. The fourth-order valence-corrected chi connectivity index (χ4v) is 2.09. The van der Waals surface area contributed by atoms with Crippen LogP contribution >= 0.6 is 12.2 Å². The van der Waals surface area contributed by atoms with Crippen molar-refractivity contribution in [3.05, 3.63) is 29.8 Å². The molecule has 0 aliphatic rings. The molecule has 1 aromatic carbocycles. The second-order valence-corrected chi connectivity index (χ2v) is 5.67. The standard InChI is InChI=1S/C17H23N3O5S/c1-18-15(22)11-12-3-5-13(6-4-12)19-17(26)20-14(21)7-8-16(23)25-10-9-24-2/h3-6H,7-11H2,1-2H3,(H,18,22)(H2,19,20,21,26). The van der Waals surface area contributed by atoms with Crippen molar-refractivity contribution in [2.45, 2.75) is 19.3 Å². The molecule has 0 spiro atoms. The summed E-state index contributed by atoms with van der Waals surface area (Å²) >= 11 is 5.06. The average Bonchev–Trinajstić information content (AvgIpc) is 2.61. The summed E-state index contributed by atoms with van der Waals surface area (Å²) in [6.45, 7) is 0.473. The largest absolute Gasteiger partial charge is 0.463 e. The lowest BCUT2D eigenvalue weighted by atomic mass is 10.1. The highest BCUT2D eigenvalue weighted by molar-refractivity contribution is 7.80. The first kappa shape index (κ1) is 21.5. The number of nitrogens with one attached hydrogen (secondary N) is 3. The minimum atomic E-state index is -0.470. The Hall–Kier alpha value is -2.52. The molecule has 0 heterocycles. The number of carbonyl (C=O) groups is 3. The lowest BCUT2D eigenvalue weighted by molar-refractivity contribution is -0.146. The molecule has 0 aliphatic heterocycles. The second kappa shape index (κ2) is 11.9. The molecule has 0 saturated heterocycles. The van der Waals surface area contributed by atoms with Gasteiger partial charge in [-0.25, -0.2) is 0 Å². The van der Waals surface area contributed by atoms with E-state index in [0.717, 1.165) is 5.56 Å². The van der Waals surface area contributed by atoms with Crippen LogP contribution in [0.1, 0.15) is 18.4 Å². The van der Waals surface area contributed by atoms with E-state index in [1.165, 1.54) is 7.11 Å². The first-order valence-corrected chi connectivity index (χ1v) is 8.40. The van der Waals surface area contributed by atoms with Crippen LogP contribution in [0.5, 0.6) is 0 Å². The Morgan fingerprint density at radius 1 is 1.04 bits per heavy atom. The molecule has 0 aromatic heterocycles. The van der Waals surface area contributed by atoms with E-state index in [0.29, 0.717) is 18.7 Å². The highest BCUT2D eigenvalue weighted by Crippen LogP contribution is 2.10. The summed E-state index contributed by atoms with van der Waals surface area (Å²) in [7, 11) is 3.09. The number of carbonyl (C=O) groups excluding carboxylic acids is 3. The number of hydrogen-bond donors (Lipinski definition) is 3. The molecule has 2 amide bonds. The van der Waals surface area contributed by atoms with Crippen LogP contribution in [0.15, 0.2) is 24.3 Å². The molecule has 0 aliphatic carbocycles. The molecular formula is C17H23N3O5S. The molecule has 8 nitrogen and oxygen atoms in total. The van der Waals surface area contributed by atoms with Crippen LogP contribution in [-0.2, 0) is 30.3 Å². The Kier molecular flexibility index (Phi) is 9.88. The van der Waals surface area contributed by atoms with Crippen molar-refractivity contribution in [1.82, 2.24) is 10.6 Å². The van der Waals surface area contributed by atoms with Gasteiger partial charge in [-0.2, -0.15) is 0 Å². The lowest BCUT2D eigenvalue weighted by Crippen LogP contribution is -2.34. The number of amides is 2. The Morgan fingerprint density at radius 2 is 1.73 bits per heavy atom. The topological polar surface area (TPSA) is 106 Å². The fraction of sp³-hybridized carbons (Fsp3) is 0.412. The van der Waals surface area contributed by atoms with Gasteiger partial charge in [-0.15, -0.1) is 0 Å². The van der Waals surface area contributed by atoms with E-state index < -0.39 is 5.97 Å². The van der Waals surface area contributed by atoms with Crippen molar-refractivity contribution < 1.29 is 23.9 Å². The molecule has 0 atom stereocenters. The fourth-order valence-electron chi connectivity index (χ4n) is 1.86. The summed E-state index contributed by atoms with van der Waals surface area (Å²) in [6.07, 6.45) is 0.226. The van der Waals surface area contributed by atoms with Crippen molar-refractivity contribution in [3.63, 3.8) is 0 Å². The Balaban J connectivity index is 2.33. The van der Waals surface area contributed by atoms with Crippen LogP contribution in [0.4, 0.5) is 5.69 Å². The van der Waals surface area contributed by atoms with E-state index >= 15 is 0 Å². The summed E-state index contributed by atoms with van der Waals surface area (Å²) in [5.74, 6) is -0.931. The third-order valence-electron chi connectivity index (χ3n) is 3.21. The van der Waals surface area contributed by atoms with Gasteiger partial charge in [-0.05, 0) is 29.9 Å². The second-order valence-electron chi connectivity index (χ2n) is 5.26. The van der Waals surface area contributed by atoms with Gasteiger partial charge in [0, 0.05) is 26.3 Å². The van der Waals surface area contributed by atoms with Crippen LogP contribution < -0.4 is 16.0 Å². The molecule has 1 rings (SSSR count). The van der Waals surface area contributed by atoms with Gasteiger partial charge in [0.05, 0.1) is 19.4 Å². The molecule has 1 aromatic rings. The van der Waals surface area contributed by atoms with E-state index in [4.69, 9.17) is 21.7 Å². The number of hydrogen-bond acceptors (Lipinski definition) is 6. The Bertz CT molecular complexity index is 634. The molecule has 0 fully saturated rings. The number of likely N-dealkylation sites (N-methyl/N-ethyl adjacent to an activating group) is 1. The summed E-state index contributed by atoms with van der Waals surface area (Å²) in [5, 5.41) is 8.04. The average molecular weight is 381 g/mol. The van der Waals surface area contributed by atoms with E-state index in [-0.39, 0.29) is 36.4 Å². The van der Waals surface area contributed by atoms with Crippen LogP contribution in [-0.4, -0.2) is 50.3 Å². The zero-order chi connectivity index (χ0) is 19.4. The van der Waals surface area contributed by atoms with E-state index in [1.54, 1.807) is 31.3 Å². The van der Waals surface area contributed by atoms with Gasteiger partial charge < -0.3 is 25.4 Å². The lowest BCUT2D eigenvalue weighted by Gasteiger charge is -2.10. The number of rotatable bonds is 9. The van der Waals surface area contributed by atoms with Gasteiger partial charge >= 0.3 is 5.97 Å². The van der Waals surface area contributed by atoms with Gasteiger partial charge in [0.25, 0.3) is 0 Å². The number of benzene rings is 1. The van der Waals surface area contributed by atoms with Gasteiger partial charge in [0.2, 0.25) is 11.8 Å². The van der Waals surface area contributed by atoms with Crippen molar-refractivity contribution in [3.8, 4) is 0 Å². The van der Waals surface area contributed by atoms with Gasteiger partial charge in [0.1, 0.15) is 6.61 Å². The summed E-state index contributed by atoms with van der Waals surface area (Å²) < 4.78 is 9.62. The van der Waals surface area contributed by atoms with Crippen molar-refractivity contribution in [1.29, 1.82) is 0 Å². The predicted molar refractivity (Wildman–Crippen MR) is 101 cm³/mol. The molecule has 3 N–H and O–H groups in total. The van der Waals surface area contributed by atoms with Crippen molar-refractivity contribution in [2.24, 2.45) is 0 Å². The van der Waals surface area contributed by atoms with E-state index in [1.807, 2.05) is 0 Å². The van der Waals surface area contributed by atoms with Crippen molar-refractivity contribution >= 4 is 40.8 Å². The predicted octanol–water partition coefficient (Wildman–Crippen LogP) is 0.758. The van der Waals surface area contributed by atoms with Crippen LogP contribution in [0.3, 0.4) is 0 Å². The molecule has 0 unspecified atom stereocenters. The molecule has 9 heteroatoms. The molecule has 0 bridgehead atoms. The molecule has 26 heavy (non-hydrogen) atoms. The summed E-state index contributed by atoms with van der Waals surface area (Å²) in [5.41, 5.74) is 1.53. The van der Waals surface area contributed by atoms with E-state index in [9.17, 15) is 14.4 Å². The van der Waals surface area contributed by atoms with Gasteiger partial charge in [0.15, 0.2) is 5.11 Å². The van der Waals surface area contributed by atoms with E-state index in [2.05, 4.69) is 16.0 Å². The van der Waals surface area contributed by atoms with Crippen LogP contribution in [0.25, 0.3) is 0 Å². The zero-order valence-corrected chi connectivity index (χ0v) is 15.6. The van der Waals surface area contributed by atoms with Crippen LogP contribution in [0.2, 0.25) is 0 Å². The first-order chi connectivity index (χ1) is 12.4. The summed E-state index contributed by atoms with van der Waals surface area (Å²) in [6, 6.07) is 7.09. The first-order valence-electron chi connectivity index (χ1n) is 7.99. The minimum absolute atomic E-state index is 0.0291. The van der Waals surface area contributed by atoms with Crippen molar-refractivity contribution in [2.75, 3.05) is 32.7 Å². The third-order valence-corrected chi connectivity index (χ3v) is 3.42. The Morgan fingerprint density at radius 3 is 2.35 bits per heavy atom. The monoisotopic (exact) mass is 381 g/mol. The molecule has 0 saturated carbocycles. The number of ether oxygens (including phenoxy) is 2. The molecule has 0 radical (unpaired) electrons. The maximum Gasteiger partial charge on any atom is 0.306 e. The number of thiocarbonyl (C=S) groups is 1. The summed E-state index contributed by atoms with van der Waals surface area (Å²) in [4.78, 5) is 34.5. The van der Waals surface area contributed by atoms with Gasteiger partial charge in [-0.1, -0.05) is 12.1 Å². The van der Waals surface area contributed by atoms with Gasteiger partial charge in [-0.3, -0.25) is 14.4 Å². The maximum absolute atomic E-state index is 11.8. The number of methoxy groups -OCH3 is 1. The SMILES string of the molecule is CNC(=O)Cc1ccc(NC(=S)NC(=O)CCC(=O)OCCOC)cc1. The zero-order valence-electron chi connectivity index (χ0n) is 14.8. The number of esters is 1. The normalized spacial score (nSPS) is 9.92. The van der Waals surface area contributed by atoms with Crippen LogP contribution in [0, 0.1) is 0 Å². The Labute approximate surface area is 157 Å². The highest BCUT2D eigenvalue weighted by Gasteiger charge is 2.10. The smallest absolute Gasteiger partial charge is 0.306 e. The molecular weight excluding hydrogens is 358 g/mol. The quantitative estimate of drug-likeness (QED) is 0.329. The third kappa shape index (κ3) is 9.09. The highest BCUT2D eigenvalue weighted by atomic mass is 32.1. The number of anilines is 1.